The smallest absolute Gasteiger partial charge is 0.258 e. The van der Waals surface area contributed by atoms with Gasteiger partial charge in [0.2, 0.25) is 5.82 Å². The van der Waals surface area contributed by atoms with Gasteiger partial charge in [-0.1, -0.05) is 17.3 Å². The fourth-order valence-corrected chi connectivity index (χ4v) is 2.55. The average molecular weight is 344 g/mol. The van der Waals surface area contributed by atoms with Crippen LogP contribution in [0.1, 0.15) is 5.56 Å². The number of nitrogens with zero attached hydrogens (tertiary/aromatic N) is 2. The van der Waals surface area contributed by atoms with Crippen molar-refractivity contribution in [3.8, 4) is 40.1 Å². The van der Waals surface area contributed by atoms with Gasteiger partial charge < -0.3 is 14.4 Å². The fraction of sp³-hybridized carbons (Fsp3) is 0.0476. The van der Waals surface area contributed by atoms with E-state index in [0.29, 0.717) is 11.7 Å². The summed E-state index contributed by atoms with van der Waals surface area (Å²) in [7, 11) is 0. The van der Waals surface area contributed by atoms with Crippen LogP contribution in [-0.4, -0.2) is 15.2 Å². The fourth-order valence-electron chi connectivity index (χ4n) is 2.55. The number of phenols is 1. The van der Waals surface area contributed by atoms with Crippen LogP contribution in [0.4, 0.5) is 0 Å². The summed E-state index contributed by atoms with van der Waals surface area (Å²) in [5, 5.41) is 13.4. The van der Waals surface area contributed by atoms with Crippen molar-refractivity contribution in [1.29, 1.82) is 0 Å². The number of aromatic hydroxyl groups is 1. The lowest BCUT2D eigenvalue weighted by Gasteiger charge is -2.06. The topological polar surface area (TPSA) is 68.4 Å². The first-order valence-corrected chi connectivity index (χ1v) is 8.15. The number of aryl methyl sites for hydroxylation is 1. The maximum absolute atomic E-state index is 9.36. The van der Waals surface area contributed by atoms with Gasteiger partial charge in [-0.15, -0.1) is 0 Å². The third-order valence-electron chi connectivity index (χ3n) is 3.88. The van der Waals surface area contributed by atoms with Crippen molar-refractivity contribution in [3.05, 3.63) is 78.4 Å². The first-order chi connectivity index (χ1) is 12.7. The Hall–Kier alpha value is -3.60. The molecule has 0 amide bonds. The molecule has 1 heterocycles. The second-order valence-corrected chi connectivity index (χ2v) is 5.91. The minimum Gasteiger partial charge on any atom is -0.508 e. The lowest BCUT2D eigenvalue weighted by atomic mass is 10.2. The van der Waals surface area contributed by atoms with E-state index in [2.05, 4.69) is 10.1 Å². The predicted octanol–water partition coefficient (Wildman–Crippen LogP) is 5.21. The molecule has 0 saturated heterocycles. The average Bonchev–Trinajstić information content (AvgIpc) is 3.13. The van der Waals surface area contributed by atoms with E-state index in [0.717, 1.165) is 28.2 Å². The molecule has 4 rings (SSSR count). The van der Waals surface area contributed by atoms with Crippen molar-refractivity contribution in [2.45, 2.75) is 6.92 Å². The minimum absolute atomic E-state index is 0.192. The van der Waals surface area contributed by atoms with Gasteiger partial charge in [-0.2, -0.15) is 4.98 Å². The van der Waals surface area contributed by atoms with Gasteiger partial charge in [0.25, 0.3) is 5.89 Å². The standard InChI is InChI=1S/C21H16N2O3/c1-14-3-2-4-19(13-14)25-18-11-7-15(8-12-18)20-22-21(26-23-20)16-5-9-17(24)10-6-16/h2-13,24H,1H3. The van der Waals surface area contributed by atoms with E-state index in [1.807, 2.05) is 55.5 Å². The third-order valence-corrected chi connectivity index (χ3v) is 3.88. The zero-order valence-corrected chi connectivity index (χ0v) is 14.1. The SMILES string of the molecule is Cc1cccc(Oc2ccc(-c3noc(-c4ccc(O)cc4)n3)cc2)c1. The van der Waals surface area contributed by atoms with Crippen LogP contribution < -0.4 is 4.74 Å². The summed E-state index contributed by atoms with van der Waals surface area (Å²) in [5.74, 6) is 2.63. The quantitative estimate of drug-likeness (QED) is 0.550. The summed E-state index contributed by atoms with van der Waals surface area (Å²) in [6.07, 6.45) is 0. The van der Waals surface area contributed by atoms with Crippen LogP contribution in [0.5, 0.6) is 17.2 Å². The zero-order chi connectivity index (χ0) is 17.9. The normalized spacial score (nSPS) is 10.7. The molecule has 0 atom stereocenters. The molecule has 1 aromatic heterocycles. The molecule has 128 valence electrons. The van der Waals surface area contributed by atoms with Crippen LogP contribution in [0.15, 0.2) is 77.3 Å². The maximum atomic E-state index is 9.36. The predicted molar refractivity (Wildman–Crippen MR) is 98.1 cm³/mol. The second-order valence-electron chi connectivity index (χ2n) is 5.91. The molecule has 4 aromatic rings. The van der Waals surface area contributed by atoms with E-state index in [1.54, 1.807) is 24.3 Å². The van der Waals surface area contributed by atoms with Crippen LogP contribution in [0.3, 0.4) is 0 Å². The molecule has 0 unspecified atom stereocenters. The first kappa shape index (κ1) is 15.9. The molecular weight excluding hydrogens is 328 g/mol. The molecule has 0 aliphatic heterocycles. The summed E-state index contributed by atoms with van der Waals surface area (Å²) in [6, 6.07) is 22.0. The Morgan fingerprint density at radius 2 is 1.58 bits per heavy atom. The van der Waals surface area contributed by atoms with Gasteiger partial charge in [0.05, 0.1) is 0 Å². The van der Waals surface area contributed by atoms with Crippen molar-refractivity contribution in [2.24, 2.45) is 0 Å². The Balaban J connectivity index is 1.53. The highest BCUT2D eigenvalue weighted by molar-refractivity contribution is 5.61. The zero-order valence-electron chi connectivity index (χ0n) is 14.1. The van der Waals surface area contributed by atoms with Gasteiger partial charge >= 0.3 is 0 Å². The maximum Gasteiger partial charge on any atom is 0.258 e. The number of benzene rings is 3. The van der Waals surface area contributed by atoms with Crippen molar-refractivity contribution in [3.63, 3.8) is 0 Å². The number of aromatic nitrogens is 2. The van der Waals surface area contributed by atoms with Gasteiger partial charge in [-0.3, -0.25) is 0 Å². The van der Waals surface area contributed by atoms with Gasteiger partial charge in [0.15, 0.2) is 0 Å². The highest BCUT2D eigenvalue weighted by Crippen LogP contribution is 2.27. The molecule has 0 fully saturated rings. The van der Waals surface area contributed by atoms with Crippen molar-refractivity contribution >= 4 is 0 Å². The largest absolute Gasteiger partial charge is 0.508 e. The molecule has 26 heavy (non-hydrogen) atoms. The van der Waals surface area contributed by atoms with E-state index in [4.69, 9.17) is 9.26 Å². The molecule has 0 bridgehead atoms. The summed E-state index contributed by atoms with van der Waals surface area (Å²) >= 11 is 0. The van der Waals surface area contributed by atoms with Gasteiger partial charge in [0.1, 0.15) is 17.2 Å². The minimum atomic E-state index is 0.192. The highest BCUT2D eigenvalue weighted by Gasteiger charge is 2.11. The summed E-state index contributed by atoms with van der Waals surface area (Å²) in [4.78, 5) is 4.41. The number of rotatable bonds is 4. The Kier molecular flexibility index (Phi) is 4.11. The Morgan fingerprint density at radius 3 is 2.31 bits per heavy atom. The molecule has 0 aliphatic carbocycles. The molecule has 0 radical (unpaired) electrons. The lowest BCUT2D eigenvalue weighted by molar-refractivity contribution is 0.432. The van der Waals surface area contributed by atoms with Gasteiger partial charge in [0, 0.05) is 11.1 Å². The van der Waals surface area contributed by atoms with Gasteiger partial charge in [-0.05, 0) is 73.2 Å². The number of ether oxygens (including phenoxy) is 1. The van der Waals surface area contributed by atoms with E-state index in [1.165, 1.54) is 0 Å². The van der Waals surface area contributed by atoms with Crippen molar-refractivity contribution in [2.75, 3.05) is 0 Å². The number of hydrogen-bond donors (Lipinski definition) is 1. The van der Waals surface area contributed by atoms with E-state index < -0.39 is 0 Å². The van der Waals surface area contributed by atoms with Crippen LogP contribution in [0, 0.1) is 6.92 Å². The lowest BCUT2D eigenvalue weighted by Crippen LogP contribution is -1.86. The molecule has 0 spiro atoms. The molecule has 5 heteroatoms. The van der Waals surface area contributed by atoms with E-state index in [-0.39, 0.29) is 5.75 Å². The molecule has 0 aliphatic rings. The Morgan fingerprint density at radius 1 is 0.846 bits per heavy atom. The van der Waals surface area contributed by atoms with Crippen molar-refractivity contribution in [1.82, 2.24) is 10.1 Å². The summed E-state index contributed by atoms with van der Waals surface area (Å²) in [5.41, 5.74) is 2.73. The number of hydrogen-bond acceptors (Lipinski definition) is 5. The molecule has 3 aromatic carbocycles. The Labute approximate surface area is 150 Å². The summed E-state index contributed by atoms with van der Waals surface area (Å²) < 4.78 is 11.2. The van der Waals surface area contributed by atoms with Crippen molar-refractivity contribution < 1.29 is 14.4 Å². The third kappa shape index (κ3) is 3.42. The molecular formula is C21H16N2O3. The van der Waals surface area contributed by atoms with Crippen LogP contribution >= 0.6 is 0 Å². The molecule has 5 nitrogen and oxygen atoms in total. The Bertz CT molecular complexity index is 1020. The van der Waals surface area contributed by atoms with E-state index in [9.17, 15) is 5.11 Å². The number of phenolic OH excluding ortho intramolecular Hbond substituents is 1. The van der Waals surface area contributed by atoms with Gasteiger partial charge in [-0.25, -0.2) is 0 Å². The van der Waals surface area contributed by atoms with Crippen LogP contribution in [0.2, 0.25) is 0 Å². The second kappa shape index (κ2) is 6.72. The summed E-state index contributed by atoms with van der Waals surface area (Å²) in [6.45, 7) is 2.03. The highest BCUT2D eigenvalue weighted by atomic mass is 16.5. The van der Waals surface area contributed by atoms with Crippen LogP contribution in [-0.2, 0) is 0 Å². The molecule has 1 N–H and O–H groups in total. The van der Waals surface area contributed by atoms with E-state index >= 15 is 0 Å². The molecule has 0 saturated carbocycles. The van der Waals surface area contributed by atoms with Crippen LogP contribution in [0.25, 0.3) is 22.8 Å². The first-order valence-electron chi connectivity index (χ1n) is 8.15. The monoisotopic (exact) mass is 344 g/mol.